The van der Waals surface area contributed by atoms with E-state index in [2.05, 4.69) is 15.3 Å². The Kier molecular flexibility index (Phi) is 4.89. The van der Waals surface area contributed by atoms with Crippen LogP contribution in [0.3, 0.4) is 0 Å². The van der Waals surface area contributed by atoms with Crippen LogP contribution in [0.5, 0.6) is 0 Å². The highest BCUT2D eigenvalue weighted by Gasteiger charge is 2.14. The SMILES string of the molecule is Cc1ccc2oc(SCc3nc(C(=O)NCC(C)C)co3)nc2c1. The second kappa shape index (κ2) is 7.09. The lowest BCUT2D eigenvalue weighted by Gasteiger charge is -2.04. The summed E-state index contributed by atoms with van der Waals surface area (Å²) in [5.41, 5.74) is 3.01. The van der Waals surface area contributed by atoms with Gasteiger partial charge in [-0.05, 0) is 30.5 Å². The number of hydrogen-bond donors (Lipinski definition) is 1. The van der Waals surface area contributed by atoms with Crippen molar-refractivity contribution in [1.29, 1.82) is 0 Å². The Morgan fingerprint density at radius 1 is 1.33 bits per heavy atom. The average Bonchev–Trinajstić information content (AvgIpc) is 3.16. The van der Waals surface area contributed by atoms with E-state index < -0.39 is 0 Å². The quantitative estimate of drug-likeness (QED) is 0.684. The van der Waals surface area contributed by atoms with E-state index >= 15 is 0 Å². The Labute approximate surface area is 144 Å². The van der Waals surface area contributed by atoms with Crippen LogP contribution in [0.4, 0.5) is 0 Å². The molecule has 3 rings (SSSR count). The minimum atomic E-state index is -0.221. The number of carbonyl (C=O) groups is 1. The summed E-state index contributed by atoms with van der Waals surface area (Å²) < 4.78 is 11.0. The molecule has 0 bridgehead atoms. The van der Waals surface area contributed by atoms with Crippen molar-refractivity contribution in [3.8, 4) is 0 Å². The number of nitrogens with zero attached hydrogens (tertiary/aromatic N) is 2. The number of rotatable bonds is 6. The maximum Gasteiger partial charge on any atom is 0.273 e. The third-order valence-electron chi connectivity index (χ3n) is 3.30. The number of hydrogen-bond acceptors (Lipinski definition) is 6. The highest BCUT2D eigenvalue weighted by atomic mass is 32.2. The Morgan fingerprint density at radius 2 is 2.17 bits per heavy atom. The summed E-state index contributed by atoms with van der Waals surface area (Å²) in [5.74, 6) is 1.08. The van der Waals surface area contributed by atoms with Gasteiger partial charge in [0.15, 0.2) is 11.3 Å². The molecule has 1 amide bonds. The first-order chi connectivity index (χ1) is 11.5. The zero-order valence-electron chi connectivity index (χ0n) is 13.8. The molecule has 6 nitrogen and oxygen atoms in total. The topological polar surface area (TPSA) is 81.2 Å². The van der Waals surface area contributed by atoms with Crippen molar-refractivity contribution < 1.29 is 13.6 Å². The molecule has 0 saturated carbocycles. The molecule has 24 heavy (non-hydrogen) atoms. The van der Waals surface area contributed by atoms with E-state index in [1.165, 1.54) is 18.0 Å². The number of aromatic nitrogens is 2. The fourth-order valence-electron chi connectivity index (χ4n) is 2.07. The molecule has 1 aromatic carbocycles. The molecule has 0 atom stereocenters. The van der Waals surface area contributed by atoms with E-state index in [0.717, 1.165) is 16.7 Å². The lowest BCUT2D eigenvalue weighted by atomic mass is 10.2. The molecule has 0 radical (unpaired) electrons. The van der Waals surface area contributed by atoms with Crippen molar-refractivity contribution in [3.05, 3.63) is 41.6 Å². The second-order valence-corrected chi connectivity index (χ2v) is 6.90. The molecule has 0 unspecified atom stereocenters. The number of thioether (sulfide) groups is 1. The van der Waals surface area contributed by atoms with Crippen LogP contribution in [-0.4, -0.2) is 22.4 Å². The fraction of sp³-hybridized carbons (Fsp3) is 0.353. The predicted octanol–water partition coefficient (Wildman–Crippen LogP) is 3.80. The second-order valence-electron chi connectivity index (χ2n) is 5.97. The van der Waals surface area contributed by atoms with Gasteiger partial charge >= 0.3 is 0 Å². The first-order valence-corrected chi connectivity index (χ1v) is 8.72. The maximum absolute atomic E-state index is 11.9. The number of oxazole rings is 2. The largest absolute Gasteiger partial charge is 0.447 e. The van der Waals surface area contributed by atoms with Gasteiger partial charge in [-0.2, -0.15) is 0 Å². The number of amides is 1. The molecule has 2 heterocycles. The molecular formula is C17H19N3O3S. The highest BCUT2D eigenvalue weighted by Crippen LogP contribution is 2.26. The molecule has 0 aliphatic heterocycles. The Balaban J connectivity index is 1.61. The van der Waals surface area contributed by atoms with Crippen LogP contribution in [-0.2, 0) is 5.75 Å². The number of benzene rings is 1. The van der Waals surface area contributed by atoms with Gasteiger partial charge in [-0.25, -0.2) is 9.97 Å². The van der Waals surface area contributed by atoms with Crippen molar-refractivity contribution >= 4 is 28.8 Å². The highest BCUT2D eigenvalue weighted by molar-refractivity contribution is 7.98. The van der Waals surface area contributed by atoms with Crippen LogP contribution in [0.2, 0.25) is 0 Å². The van der Waals surface area contributed by atoms with E-state index in [9.17, 15) is 4.79 Å². The summed E-state index contributed by atoms with van der Waals surface area (Å²) in [6.07, 6.45) is 1.38. The van der Waals surface area contributed by atoms with Gasteiger partial charge in [0.2, 0.25) is 5.89 Å². The molecule has 0 aliphatic rings. The van der Waals surface area contributed by atoms with Gasteiger partial charge in [0.25, 0.3) is 11.1 Å². The van der Waals surface area contributed by atoms with E-state index in [1.54, 1.807) is 0 Å². The summed E-state index contributed by atoms with van der Waals surface area (Å²) in [4.78, 5) is 20.5. The lowest BCUT2D eigenvalue weighted by Crippen LogP contribution is -2.27. The standard InChI is InChI=1S/C17H19N3O3S/c1-10(2)7-18-16(21)13-8-22-15(19-13)9-24-17-20-12-6-11(3)4-5-14(12)23-17/h4-6,8,10H,7,9H2,1-3H3,(H,18,21). The zero-order valence-corrected chi connectivity index (χ0v) is 14.6. The summed E-state index contributed by atoms with van der Waals surface area (Å²) in [5, 5.41) is 3.36. The van der Waals surface area contributed by atoms with Gasteiger partial charge < -0.3 is 14.2 Å². The monoisotopic (exact) mass is 345 g/mol. The number of aryl methyl sites for hydroxylation is 1. The number of fused-ring (bicyclic) bond motifs is 1. The van der Waals surface area contributed by atoms with Gasteiger partial charge in [-0.3, -0.25) is 4.79 Å². The summed E-state index contributed by atoms with van der Waals surface area (Å²) >= 11 is 1.38. The number of nitrogens with one attached hydrogen (secondary N) is 1. The molecule has 0 saturated heterocycles. The molecule has 126 valence electrons. The summed E-state index contributed by atoms with van der Waals surface area (Å²) in [6, 6.07) is 5.87. The van der Waals surface area contributed by atoms with Gasteiger partial charge in [-0.1, -0.05) is 31.7 Å². The van der Waals surface area contributed by atoms with E-state index in [-0.39, 0.29) is 5.91 Å². The normalized spacial score (nSPS) is 11.3. The van der Waals surface area contributed by atoms with Crippen molar-refractivity contribution in [2.45, 2.75) is 31.7 Å². The number of carbonyl (C=O) groups excluding carboxylic acids is 1. The van der Waals surface area contributed by atoms with Crippen molar-refractivity contribution in [2.24, 2.45) is 5.92 Å². The molecule has 0 aliphatic carbocycles. The van der Waals surface area contributed by atoms with Crippen LogP contribution in [0.1, 0.15) is 35.8 Å². The minimum Gasteiger partial charge on any atom is -0.447 e. The lowest BCUT2D eigenvalue weighted by molar-refractivity contribution is 0.0944. The Bertz CT molecular complexity index is 854. The molecule has 0 spiro atoms. The first kappa shape index (κ1) is 16.6. The minimum absolute atomic E-state index is 0.221. The van der Waals surface area contributed by atoms with Gasteiger partial charge in [0.1, 0.15) is 11.8 Å². The summed E-state index contributed by atoms with van der Waals surface area (Å²) in [6.45, 7) is 6.69. The first-order valence-electron chi connectivity index (χ1n) is 7.74. The van der Waals surface area contributed by atoms with Gasteiger partial charge in [-0.15, -0.1) is 0 Å². The molecule has 1 N–H and O–H groups in total. The molecule has 3 aromatic rings. The average molecular weight is 345 g/mol. The Morgan fingerprint density at radius 3 is 2.96 bits per heavy atom. The zero-order chi connectivity index (χ0) is 17.1. The van der Waals surface area contributed by atoms with Crippen LogP contribution >= 0.6 is 11.8 Å². The maximum atomic E-state index is 11.9. The van der Waals surface area contributed by atoms with Gasteiger partial charge in [0, 0.05) is 6.54 Å². The van der Waals surface area contributed by atoms with Crippen molar-refractivity contribution in [2.75, 3.05) is 6.54 Å². The van der Waals surface area contributed by atoms with Crippen LogP contribution in [0.15, 0.2) is 38.5 Å². The van der Waals surface area contributed by atoms with Gasteiger partial charge in [0.05, 0.1) is 5.75 Å². The summed E-state index contributed by atoms with van der Waals surface area (Å²) in [7, 11) is 0. The third kappa shape index (κ3) is 3.97. The van der Waals surface area contributed by atoms with Crippen molar-refractivity contribution in [1.82, 2.24) is 15.3 Å². The molecule has 2 aromatic heterocycles. The van der Waals surface area contributed by atoms with E-state index in [0.29, 0.717) is 35.0 Å². The van der Waals surface area contributed by atoms with Crippen LogP contribution in [0.25, 0.3) is 11.1 Å². The predicted molar refractivity (Wildman–Crippen MR) is 92.0 cm³/mol. The third-order valence-corrected chi connectivity index (χ3v) is 4.11. The van der Waals surface area contributed by atoms with Crippen LogP contribution < -0.4 is 5.32 Å². The van der Waals surface area contributed by atoms with Crippen LogP contribution in [0, 0.1) is 12.8 Å². The molecular weight excluding hydrogens is 326 g/mol. The van der Waals surface area contributed by atoms with Crippen molar-refractivity contribution in [3.63, 3.8) is 0 Å². The van der Waals surface area contributed by atoms with E-state index in [1.807, 2.05) is 39.0 Å². The smallest absolute Gasteiger partial charge is 0.273 e. The van der Waals surface area contributed by atoms with E-state index in [4.69, 9.17) is 8.83 Å². The molecule has 0 fully saturated rings. The fourth-order valence-corrected chi connectivity index (χ4v) is 2.76. The Hall–Kier alpha value is -2.28. The molecule has 7 heteroatoms.